The predicted octanol–water partition coefficient (Wildman–Crippen LogP) is 4.35. The smallest absolute Gasteiger partial charge is 0.243 e. The Morgan fingerprint density at radius 2 is 1.91 bits per heavy atom. The molecule has 0 radical (unpaired) electrons. The van der Waals surface area contributed by atoms with Crippen LogP contribution < -0.4 is 5.48 Å². The first-order valence-corrected chi connectivity index (χ1v) is 7.63. The molecule has 118 valence electrons. The molecule has 0 aliphatic rings. The van der Waals surface area contributed by atoms with E-state index >= 15 is 0 Å². The largest absolute Gasteiger partial charge is 0.289 e. The SMILES string of the molecule is C=C(/C=C\C(=C/C)CCCc1ccccc1)CCC(=O)NO. The minimum Gasteiger partial charge on any atom is -0.289 e. The molecule has 22 heavy (non-hydrogen) atoms. The van der Waals surface area contributed by atoms with Crippen molar-refractivity contribution in [1.82, 2.24) is 5.48 Å². The topological polar surface area (TPSA) is 49.3 Å². The summed E-state index contributed by atoms with van der Waals surface area (Å²) in [6, 6.07) is 10.5. The monoisotopic (exact) mass is 299 g/mol. The van der Waals surface area contributed by atoms with Crippen LogP contribution in [0.1, 0.15) is 38.2 Å². The summed E-state index contributed by atoms with van der Waals surface area (Å²) in [6.07, 6.45) is 10.1. The summed E-state index contributed by atoms with van der Waals surface area (Å²) in [4.78, 5) is 10.9. The molecule has 0 atom stereocenters. The molecule has 3 nitrogen and oxygen atoms in total. The zero-order chi connectivity index (χ0) is 16.2. The third kappa shape index (κ3) is 7.60. The maximum Gasteiger partial charge on any atom is 0.243 e. The number of hydrogen-bond donors (Lipinski definition) is 2. The van der Waals surface area contributed by atoms with Crippen LogP contribution in [-0.4, -0.2) is 11.1 Å². The van der Waals surface area contributed by atoms with E-state index in [9.17, 15) is 4.79 Å². The summed E-state index contributed by atoms with van der Waals surface area (Å²) < 4.78 is 0. The minimum atomic E-state index is -0.385. The van der Waals surface area contributed by atoms with Crippen LogP contribution in [0.5, 0.6) is 0 Å². The van der Waals surface area contributed by atoms with Crippen molar-refractivity contribution >= 4 is 5.91 Å². The Morgan fingerprint density at radius 1 is 1.18 bits per heavy atom. The van der Waals surface area contributed by atoms with E-state index < -0.39 is 0 Å². The average Bonchev–Trinajstić information content (AvgIpc) is 2.56. The van der Waals surface area contributed by atoms with Crippen LogP contribution in [0, 0.1) is 0 Å². The Balaban J connectivity index is 2.33. The molecule has 0 bridgehead atoms. The van der Waals surface area contributed by atoms with E-state index in [0.717, 1.165) is 24.8 Å². The van der Waals surface area contributed by atoms with Crippen molar-refractivity contribution in [2.45, 2.75) is 39.0 Å². The highest BCUT2D eigenvalue weighted by Crippen LogP contribution is 2.13. The summed E-state index contributed by atoms with van der Waals surface area (Å²) in [5, 5.41) is 8.44. The maximum atomic E-state index is 10.9. The fourth-order valence-electron chi connectivity index (χ4n) is 2.10. The van der Waals surface area contributed by atoms with Gasteiger partial charge in [0.05, 0.1) is 0 Å². The fourth-order valence-corrected chi connectivity index (χ4v) is 2.10. The lowest BCUT2D eigenvalue weighted by Crippen LogP contribution is -2.17. The van der Waals surface area contributed by atoms with Crippen molar-refractivity contribution in [1.29, 1.82) is 0 Å². The molecule has 1 rings (SSSR count). The third-order valence-corrected chi connectivity index (χ3v) is 3.48. The van der Waals surface area contributed by atoms with Gasteiger partial charge < -0.3 is 0 Å². The molecule has 0 heterocycles. The van der Waals surface area contributed by atoms with Crippen LogP contribution in [0.4, 0.5) is 0 Å². The van der Waals surface area contributed by atoms with Gasteiger partial charge in [-0.1, -0.05) is 66.3 Å². The van der Waals surface area contributed by atoms with Crippen molar-refractivity contribution in [3.63, 3.8) is 0 Å². The van der Waals surface area contributed by atoms with Crippen LogP contribution in [0.3, 0.4) is 0 Å². The number of carbonyl (C=O) groups excluding carboxylic acids is 1. The minimum absolute atomic E-state index is 0.249. The van der Waals surface area contributed by atoms with Crippen LogP contribution in [0.2, 0.25) is 0 Å². The Kier molecular flexibility index (Phi) is 8.61. The predicted molar refractivity (Wildman–Crippen MR) is 90.6 cm³/mol. The van der Waals surface area contributed by atoms with E-state index in [1.165, 1.54) is 11.1 Å². The van der Waals surface area contributed by atoms with Crippen LogP contribution in [0.25, 0.3) is 0 Å². The molecule has 3 heteroatoms. The van der Waals surface area contributed by atoms with Gasteiger partial charge in [0.25, 0.3) is 0 Å². The lowest BCUT2D eigenvalue weighted by atomic mass is 10.0. The summed E-state index contributed by atoms with van der Waals surface area (Å²) in [5.74, 6) is -0.385. The Hall–Kier alpha value is -2.13. The van der Waals surface area contributed by atoms with Crippen molar-refractivity contribution in [2.75, 3.05) is 0 Å². The average molecular weight is 299 g/mol. The number of nitrogens with one attached hydrogen (secondary N) is 1. The number of rotatable bonds is 9. The van der Waals surface area contributed by atoms with E-state index in [4.69, 9.17) is 5.21 Å². The molecule has 0 aromatic heterocycles. The summed E-state index contributed by atoms with van der Waals surface area (Å²) >= 11 is 0. The lowest BCUT2D eigenvalue weighted by molar-refractivity contribution is -0.129. The number of allylic oxidation sites excluding steroid dienone is 5. The van der Waals surface area contributed by atoms with Crippen molar-refractivity contribution in [3.8, 4) is 0 Å². The molecule has 1 aromatic carbocycles. The number of carbonyl (C=O) groups is 1. The molecule has 0 fully saturated rings. The number of amides is 1. The standard InChI is InChI=1S/C19H25NO2/c1-3-17(10-7-11-18-8-5-4-6-9-18)14-12-16(2)13-15-19(21)20-22/h3-6,8-9,12,14,22H,2,7,10-11,13,15H2,1H3,(H,20,21)/b14-12-,17-3-. The summed E-state index contributed by atoms with van der Waals surface area (Å²) in [5.41, 5.74) is 5.13. The van der Waals surface area contributed by atoms with Gasteiger partial charge in [0.15, 0.2) is 0 Å². The van der Waals surface area contributed by atoms with E-state index in [1.54, 1.807) is 5.48 Å². The molecular weight excluding hydrogens is 274 g/mol. The van der Waals surface area contributed by atoms with Crippen LogP contribution >= 0.6 is 0 Å². The molecule has 0 saturated heterocycles. The van der Waals surface area contributed by atoms with Crippen molar-refractivity contribution < 1.29 is 10.0 Å². The zero-order valence-electron chi connectivity index (χ0n) is 13.2. The molecule has 0 aliphatic heterocycles. The molecule has 1 amide bonds. The molecular formula is C19H25NO2. The first kappa shape index (κ1) is 17.9. The molecule has 1 aromatic rings. The molecule has 0 unspecified atom stereocenters. The second-order valence-electron chi connectivity index (χ2n) is 5.23. The van der Waals surface area contributed by atoms with Gasteiger partial charge in [-0.3, -0.25) is 10.0 Å². The molecule has 0 saturated carbocycles. The Labute approximate surface area is 133 Å². The second-order valence-corrected chi connectivity index (χ2v) is 5.23. The molecule has 0 spiro atoms. The number of aryl methyl sites for hydroxylation is 1. The zero-order valence-corrected chi connectivity index (χ0v) is 13.2. The van der Waals surface area contributed by atoms with Gasteiger partial charge in [0.1, 0.15) is 0 Å². The highest BCUT2D eigenvalue weighted by atomic mass is 16.5. The Bertz CT molecular complexity index is 530. The van der Waals surface area contributed by atoms with Crippen molar-refractivity contribution in [3.05, 3.63) is 71.8 Å². The van der Waals surface area contributed by atoms with Gasteiger partial charge in [-0.15, -0.1) is 0 Å². The van der Waals surface area contributed by atoms with Gasteiger partial charge in [0, 0.05) is 6.42 Å². The van der Waals surface area contributed by atoms with Gasteiger partial charge in [-0.05, 0) is 38.2 Å². The van der Waals surface area contributed by atoms with Crippen LogP contribution in [0.15, 0.2) is 66.3 Å². The number of hydrogen-bond acceptors (Lipinski definition) is 2. The summed E-state index contributed by atoms with van der Waals surface area (Å²) in [6.45, 7) is 5.95. The second kappa shape index (κ2) is 10.6. The third-order valence-electron chi connectivity index (χ3n) is 3.48. The highest BCUT2D eigenvalue weighted by Gasteiger charge is 2.00. The van der Waals surface area contributed by atoms with Gasteiger partial charge in [-0.2, -0.15) is 0 Å². The molecule has 0 aliphatic carbocycles. The van der Waals surface area contributed by atoms with Crippen molar-refractivity contribution in [2.24, 2.45) is 0 Å². The molecule has 2 N–H and O–H groups in total. The Morgan fingerprint density at radius 3 is 2.55 bits per heavy atom. The van der Waals surface area contributed by atoms with E-state index in [0.29, 0.717) is 6.42 Å². The van der Waals surface area contributed by atoms with Gasteiger partial charge in [-0.25, -0.2) is 5.48 Å². The fraction of sp³-hybridized carbons (Fsp3) is 0.316. The first-order chi connectivity index (χ1) is 10.7. The maximum absolute atomic E-state index is 10.9. The quantitative estimate of drug-likeness (QED) is 0.404. The highest BCUT2D eigenvalue weighted by molar-refractivity contribution is 5.74. The number of hydroxylamine groups is 1. The van der Waals surface area contributed by atoms with Gasteiger partial charge in [0.2, 0.25) is 5.91 Å². The summed E-state index contributed by atoms with van der Waals surface area (Å²) in [7, 11) is 0. The van der Waals surface area contributed by atoms with Crippen LogP contribution in [-0.2, 0) is 11.2 Å². The first-order valence-electron chi connectivity index (χ1n) is 7.63. The number of benzene rings is 1. The normalized spacial score (nSPS) is 11.6. The lowest BCUT2D eigenvalue weighted by Gasteiger charge is -2.04. The van der Waals surface area contributed by atoms with E-state index in [1.807, 2.05) is 19.1 Å². The van der Waals surface area contributed by atoms with E-state index in [-0.39, 0.29) is 12.3 Å². The van der Waals surface area contributed by atoms with Gasteiger partial charge >= 0.3 is 0 Å². The van der Waals surface area contributed by atoms with E-state index in [2.05, 4.69) is 43.0 Å².